The lowest BCUT2D eigenvalue weighted by atomic mass is 10.1. The van der Waals surface area contributed by atoms with Gasteiger partial charge in [-0.3, -0.25) is 0 Å². The summed E-state index contributed by atoms with van der Waals surface area (Å²) in [7, 11) is 0. The molecule has 0 N–H and O–H groups in total. The number of nitriles is 1. The molecular weight excluding hydrogens is 193 g/mol. The summed E-state index contributed by atoms with van der Waals surface area (Å²) in [6, 6.07) is 4.95. The van der Waals surface area contributed by atoms with Gasteiger partial charge in [-0.25, -0.2) is 0 Å². The molecule has 0 aliphatic carbocycles. The van der Waals surface area contributed by atoms with E-state index in [0.29, 0.717) is 5.56 Å². The Balaban J connectivity index is 3.43. The van der Waals surface area contributed by atoms with E-state index in [1.54, 1.807) is 0 Å². The third-order valence-corrected chi connectivity index (χ3v) is 1.92. The summed E-state index contributed by atoms with van der Waals surface area (Å²) >= 11 is 11.4. The summed E-state index contributed by atoms with van der Waals surface area (Å²) in [6.07, 6.45) is 5.13. The summed E-state index contributed by atoms with van der Waals surface area (Å²) in [6.45, 7) is 0. The van der Waals surface area contributed by atoms with Crippen molar-refractivity contribution in [2.75, 3.05) is 0 Å². The molecule has 1 aromatic carbocycles. The number of hydrogen-bond acceptors (Lipinski definition) is 1. The van der Waals surface area contributed by atoms with E-state index in [2.05, 4.69) is 5.92 Å². The Morgan fingerprint density at radius 3 is 2.08 bits per heavy atom. The van der Waals surface area contributed by atoms with Crippen molar-refractivity contribution in [1.82, 2.24) is 0 Å². The van der Waals surface area contributed by atoms with Gasteiger partial charge in [0.15, 0.2) is 0 Å². The summed E-state index contributed by atoms with van der Waals surface area (Å²) in [5.41, 5.74) is 0.835. The molecule has 0 saturated carbocycles. The van der Waals surface area contributed by atoms with Crippen molar-refractivity contribution in [3.8, 4) is 18.4 Å². The number of benzene rings is 1. The fraction of sp³-hybridized carbons (Fsp3) is 0. The van der Waals surface area contributed by atoms with Crippen molar-refractivity contribution in [3.05, 3.63) is 33.3 Å². The van der Waals surface area contributed by atoms with Crippen LogP contribution in [0.15, 0.2) is 12.1 Å². The highest BCUT2D eigenvalue weighted by atomic mass is 35.5. The van der Waals surface area contributed by atoms with Gasteiger partial charge >= 0.3 is 0 Å². The quantitative estimate of drug-likeness (QED) is 0.585. The molecule has 0 aliphatic heterocycles. The molecule has 1 aromatic rings. The molecule has 12 heavy (non-hydrogen) atoms. The van der Waals surface area contributed by atoms with E-state index in [1.165, 1.54) is 12.1 Å². The predicted octanol–water partition coefficient (Wildman–Crippen LogP) is 2.85. The maximum atomic E-state index is 8.59. The van der Waals surface area contributed by atoms with Crippen LogP contribution in [0.25, 0.3) is 0 Å². The third-order valence-electron chi connectivity index (χ3n) is 1.32. The second kappa shape index (κ2) is 3.50. The third kappa shape index (κ3) is 1.53. The molecule has 0 atom stereocenters. The van der Waals surface area contributed by atoms with Crippen molar-refractivity contribution in [2.24, 2.45) is 0 Å². The highest BCUT2D eigenvalue weighted by molar-refractivity contribution is 6.36. The first-order chi connectivity index (χ1) is 5.69. The minimum atomic E-state index is 0.261. The van der Waals surface area contributed by atoms with Crippen LogP contribution in [0.5, 0.6) is 0 Å². The largest absolute Gasteiger partial charge is 0.192 e. The van der Waals surface area contributed by atoms with E-state index in [9.17, 15) is 0 Å². The molecule has 0 bridgehead atoms. The number of terminal acetylenes is 1. The van der Waals surface area contributed by atoms with E-state index >= 15 is 0 Å². The van der Waals surface area contributed by atoms with Gasteiger partial charge in [-0.05, 0) is 12.1 Å². The maximum absolute atomic E-state index is 8.59. The average Bonchev–Trinajstić information content (AvgIpc) is 2.03. The van der Waals surface area contributed by atoms with Crippen LogP contribution in [0.4, 0.5) is 0 Å². The fourth-order valence-electron chi connectivity index (χ4n) is 0.763. The van der Waals surface area contributed by atoms with Crippen molar-refractivity contribution >= 4 is 23.2 Å². The van der Waals surface area contributed by atoms with Crippen LogP contribution in [-0.2, 0) is 0 Å². The summed E-state index contributed by atoms with van der Waals surface area (Å²) in [5, 5.41) is 9.17. The van der Waals surface area contributed by atoms with Crippen LogP contribution >= 0.6 is 23.2 Å². The first kappa shape index (κ1) is 8.94. The van der Waals surface area contributed by atoms with Gasteiger partial charge in [0.1, 0.15) is 6.07 Å². The second-order valence-corrected chi connectivity index (χ2v) is 2.89. The summed E-state index contributed by atoms with van der Waals surface area (Å²) < 4.78 is 0. The minimum Gasteiger partial charge on any atom is -0.192 e. The molecule has 0 saturated heterocycles. The Kier molecular flexibility index (Phi) is 2.61. The van der Waals surface area contributed by atoms with Crippen LogP contribution in [0, 0.1) is 23.7 Å². The standard InChI is InChI=1S/C9H3Cl2N/c1-2-6-3-8(10)7(5-12)9(11)4-6/h1,3-4H. The monoisotopic (exact) mass is 195 g/mol. The van der Waals surface area contributed by atoms with Crippen molar-refractivity contribution in [1.29, 1.82) is 5.26 Å². The molecule has 0 fully saturated rings. The topological polar surface area (TPSA) is 23.8 Å². The minimum absolute atomic E-state index is 0.261. The number of hydrogen-bond donors (Lipinski definition) is 0. The molecule has 3 heteroatoms. The van der Waals surface area contributed by atoms with E-state index in [1.807, 2.05) is 6.07 Å². The molecule has 0 amide bonds. The van der Waals surface area contributed by atoms with Gasteiger partial charge in [-0.1, -0.05) is 29.1 Å². The lowest BCUT2D eigenvalue weighted by molar-refractivity contribution is 1.48. The maximum Gasteiger partial charge on any atom is 0.102 e. The van der Waals surface area contributed by atoms with Gasteiger partial charge in [0.2, 0.25) is 0 Å². The zero-order valence-corrected chi connectivity index (χ0v) is 7.45. The predicted molar refractivity (Wildman–Crippen MR) is 49.1 cm³/mol. The van der Waals surface area contributed by atoms with Crippen LogP contribution in [-0.4, -0.2) is 0 Å². The molecule has 0 radical (unpaired) electrons. The zero-order valence-electron chi connectivity index (χ0n) is 5.94. The highest BCUT2D eigenvalue weighted by Gasteiger charge is 2.05. The number of rotatable bonds is 0. The Labute approximate surface area is 80.5 Å². The number of halogens is 2. The first-order valence-electron chi connectivity index (χ1n) is 3.04. The molecular formula is C9H3Cl2N. The molecule has 1 nitrogen and oxygen atoms in total. The highest BCUT2D eigenvalue weighted by Crippen LogP contribution is 2.25. The smallest absolute Gasteiger partial charge is 0.102 e. The van der Waals surface area contributed by atoms with Gasteiger partial charge in [-0.15, -0.1) is 6.42 Å². The Morgan fingerprint density at radius 2 is 1.75 bits per heavy atom. The van der Waals surface area contributed by atoms with Gasteiger partial charge in [0.25, 0.3) is 0 Å². The fourth-order valence-corrected chi connectivity index (χ4v) is 1.33. The first-order valence-corrected chi connectivity index (χ1v) is 3.80. The lowest BCUT2D eigenvalue weighted by Crippen LogP contribution is -1.82. The van der Waals surface area contributed by atoms with E-state index in [0.717, 1.165) is 0 Å². The summed E-state index contributed by atoms with van der Waals surface area (Å²) in [5.74, 6) is 2.38. The van der Waals surface area contributed by atoms with Crippen LogP contribution in [0.2, 0.25) is 10.0 Å². The van der Waals surface area contributed by atoms with Crippen LogP contribution < -0.4 is 0 Å². The van der Waals surface area contributed by atoms with E-state index < -0.39 is 0 Å². The van der Waals surface area contributed by atoms with E-state index in [-0.39, 0.29) is 15.6 Å². The Hall–Kier alpha value is -1.15. The molecule has 1 rings (SSSR count). The molecule has 0 spiro atoms. The lowest BCUT2D eigenvalue weighted by Gasteiger charge is -1.98. The Morgan fingerprint density at radius 1 is 1.25 bits per heavy atom. The van der Waals surface area contributed by atoms with Crippen molar-refractivity contribution in [2.45, 2.75) is 0 Å². The van der Waals surface area contributed by atoms with Crippen LogP contribution in [0.3, 0.4) is 0 Å². The molecule has 0 aliphatic rings. The molecule has 58 valence electrons. The molecule has 0 aromatic heterocycles. The van der Waals surface area contributed by atoms with Gasteiger partial charge in [0, 0.05) is 5.56 Å². The molecule has 0 heterocycles. The van der Waals surface area contributed by atoms with Crippen LogP contribution in [0.1, 0.15) is 11.1 Å². The van der Waals surface area contributed by atoms with Gasteiger partial charge < -0.3 is 0 Å². The SMILES string of the molecule is C#Cc1cc(Cl)c(C#N)c(Cl)c1. The van der Waals surface area contributed by atoms with E-state index in [4.69, 9.17) is 34.9 Å². The second-order valence-electron chi connectivity index (χ2n) is 2.07. The number of nitrogens with zero attached hydrogens (tertiary/aromatic N) is 1. The van der Waals surface area contributed by atoms with Crippen molar-refractivity contribution in [3.63, 3.8) is 0 Å². The zero-order chi connectivity index (χ0) is 9.14. The van der Waals surface area contributed by atoms with Gasteiger partial charge in [0.05, 0.1) is 15.6 Å². The normalized spacial score (nSPS) is 8.67. The summed E-state index contributed by atoms with van der Waals surface area (Å²) in [4.78, 5) is 0. The molecule has 0 unspecified atom stereocenters. The average molecular weight is 196 g/mol. The van der Waals surface area contributed by atoms with Gasteiger partial charge in [-0.2, -0.15) is 5.26 Å². The Bertz CT molecular complexity index is 373. The van der Waals surface area contributed by atoms with Crippen molar-refractivity contribution < 1.29 is 0 Å².